The number of aromatic nitrogens is 2. The molecule has 1 fully saturated rings. The molecule has 192 valence electrons. The first-order valence-electron chi connectivity index (χ1n) is 12.6. The van der Waals surface area contributed by atoms with Crippen LogP contribution < -0.4 is 21.1 Å². The summed E-state index contributed by atoms with van der Waals surface area (Å²) in [6, 6.07) is 16.9. The summed E-state index contributed by atoms with van der Waals surface area (Å²) in [6.07, 6.45) is 4.07. The Balaban J connectivity index is 1.74. The minimum atomic E-state index is -0.374. The second-order valence-corrected chi connectivity index (χ2v) is 9.35. The predicted molar refractivity (Wildman–Crippen MR) is 143 cm³/mol. The molecule has 8 heteroatoms. The van der Waals surface area contributed by atoms with Crippen LogP contribution >= 0.6 is 0 Å². The normalized spacial score (nSPS) is 13.9. The van der Waals surface area contributed by atoms with Gasteiger partial charge in [-0.25, -0.2) is 4.98 Å². The Morgan fingerprint density at radius 2 is 1.78 bits per heavy atom. The highest BCUT2D eigenvalue weighted by Gasteiger charge is 2.31. The highest BCUT2D eigenvalue weighted by Crippen LogP contribution is 2.29. The molecule has 0 radical (unpaired) electrons. The van der Waals surface area contributed by atoms with E-state index in [0.29, 0.717) is 37.0 Å². The number of esters is 1. The van der Waals surface area contributed by atoms with E-state index in [1.807, 2.05) is 54.0 Å². The molecule has 2 aromatic carbocycles. The van der Waals surface area contributed by atoms with Crippen LogP contribution in [0.3, 0.4) is 0 Å². The average Bonchev–Trinajstić information content (AvgIpc) is 3.47. The van der Waals surface area contributed by atoms with Crippen LogP contribution in [0.5, 0.6) is 5.75 Å². The topological polar surface area (TPSA) is 111 Å². The number of carbonyl (C=O) groups excluding carboxylic acids is 2. The van der Waals surface area contributed by atoms with Gasteiger partial charge in [0.2, 0.25) is 0 Å². The van der Waals surface area contributed by atoms with Crippen molar-refractivity contribution >= 4 is 17.7 Å². The summed E-state index contributed by atoms with van der Waals surface area (Å²) in [5.41, 5.74) is 8.38. The van der Waals surface area contributed by atoms with Gasteiger partial charge in [0, 0.05) is 31.1 Å². The molecule has 37 heavy (non-hydrogen) atoms. The minimum Gasteiger partial charge on any atom is -0.427 e. The number of anilines is 1. The molecule has 0 unspecified atom stereocenters. The Bertz CT molecular complexity index is 1300. The molecule has 0 aliphatic heterocycles. The zero-order valence-electron chi connectivity index (χ0n) is 21.3. The number of nitrogens with one attached hydrogen (secondary N) is 2. The van der Waals surface area contributed by atoms with E-state index >= 15 is 0 Å². The van der Waals surface area contributed by atoms with Gasteiger partial charge in [0.15, 0.2) is 11.5 Å². The lowest BCUT2D eigenvalue weighted by Crippen LogP contribution is -2.44. The zero-order valence-corrected chi connectivity index (χ0v) is 21.3. The third-order valence-electron chi connectivity index (χ3n) is 6.35. The van der Waals surface area contributed by atoms with Gasteiger partial charge in [0.1, 0.15) is 11.6 Å². The first kappa shape index (κ1) is 26.0. The van der Waals surface area contributed by atoms with E-state index in [4.69, 9.17) is 10.5 Å². The maximum atomic E-state index is 13.0. The van der Waals surface area contributed by atoms with Gasteiger partial charge in [-0.05, 0) is 55.5 Å². The largest absolute Gasteiger partial charge is 0.427 e. The number of imidazole rings is 1. The van der Waals surface area contributed by atoms with Crippen LogP contribution in [0.25, 0.3) is 0 Å². The zero-order chi connectivity index (χ0) is 26.3. The number of nitrogens with two attached hydrogens (primary N) is 1. The fraction of sp³-hybridized carbons (Fsp3) is 0.345. The first-order chi connectivity index (χ1) is 17.9. The van der Waals surface area contributed by atoms with Crippen LogP contribution in [0, 0.1) is 11.8 Å². The van der Waals surface area contributed by atoms with Crippen molar-refractivity contribution in [2.45, 2.75) is 51.6 Å². The van der Waals surface area contributed by atoms with Crippen molar-refractivity contribution in [1.82, 2.24) is 14.9 Å². The lowest BCUT2D eigenvalue weighted by molar-refractivity contribution is -0.131. The summed E-state index contributed by atoms with van der Waals surface area (Å²) in [6.45, 7) is 4.66. The van der Waals surface area contributed by atoms with Crippen LogP contribution in [-0.2, 0) is 11.3 Å². The molecule has 0 bridgehead atoms. The number of hydrogen-bond donors (Lipinski definition) is 3. The van der Waals surface area contributed by atoms with E-state index in [1.54, 1.807) is 12.1 Å². The lowest BCUT2D eigenvalue weighted by Gasteiger charge is -2.25. The van der Waals surface area contributed by atoms with Gasteiger partial charge in [0.25, 0.3) is 5.91 Å². The molecule has 8 nitrogen and oxygen atoms in total. The van der Waals surface area contributed by atoms with Gasteiger partial charge in [-0.3, -0.25) is 14.2 Å². The predicted octanol–water partition coefficient (Wildman–Crippen LogP) is 3.69. The van der Waals surface area contributed by atoms with Gasteiger partial charge < -0.3 is 21.1 Å². The Morgan fingerprint density at radius 1 is 1.08 bits per heavy atom. The van der Waals surface area contributed by atoms with Crippen LogP contribution in [0.1, 0.15) is 67.0 Å². The summed E-state index contributed by atoms with van der Waals surface area (Å²) >= 11 is 0. The first-order valence-corrected chi connectivity index (χ1v) is 12.6. The van der Waals surface area contributed by atoms with Crippen LogP contribution in [-0.4, -0.2) is 40.1 Å². The molecule has 1 heterocycles. The van der Waals surface area contributed by atoms with Gasteiger partial charge >= 0.3 is 5.97 Å². The summed E-state index contributed by atoms with van der Waals surface area (Å²) in [7, 11) is 0. The minimum absolute atomic E-state index is 0.269. The third kappa shape index (κ3) is 6.78. The molecule has 4 N–H and O–H groups in total. The van der Waals surface area contributed by atoms with Gasteiger partial charge in [-0.15, -0.1) is 0 Å². The number of ether oxygens (including phenoxy) is 1. The Morgan fingerprint density at radius 3 is 2.43 bits per heavy atom. The molecule has 1 aliphatic carbocycles. The third-order valence-corrected chi connectivity index (χ3v) is 6.35. The van der Waals surface area contributed by atoms with Crippen molar-refractivity contribution < 1.29 is 14.3 Å². The van der Waals surface area contributed by atoms with Crippen molar-refractivity contribution in [2.24, 2.45) is 5.73 Å². The number of nitrogens with zero attached hydrogens (tertiary/aromatic N) is 2. The molecular weight excluding hydrogens is 466 g/mol. The van der Waals surface area contributed by atoms with Gasteiger partial charge in [-0.1, -0.05) is 49.1 Å². The molecule has 1 amide bonds. The van der Waals surface area contributed by atoms with Crippen molar-refractivity contribution in [3.05, 3.63) is 77.2 Å². The standard InChI is InChI=1S/C29H33N5O3/c1-3-31-28(36)26-27(32-20-29(30)17-7-8-18-29)34(19-23-11-14-24(15-12-23)37-21(2)35)25(33-26)16-13-22-9-5-4-6-10-22/h4-6,9-12,14-15,32H,3,7-8,17-20,30H2,1-2H3,(H,31,36). The Hall–Kier alpha value is -4.09. The van der Waals surface area contributed by atoms with E-state index in [2.05, 4.69) is 27.5 Å². The molecule has 0 saturated heterocycles. The second kappa shape index (κ2) is 11.8. The fourth-order valence-electron chi connectivity index (χ4n) is 4.46. The van der Waals surface area contributed by atoms with Gasteiger partial charge in [-0.2, -0.15) is 0 Å². The molecule has 0 atom stereocenters. The molecule has 0 spiro atoms. The maximum absolute atomic E-state index is 13.0. The molecular formula is C29H33N5O3. The van der Waals surface area contributed by atoms with E-state index < -0.39 is 0 Å². The van der Waals surface area contributed by atoms with Crippen LogP contribution in [0.4, 0.5) is 5.82 Å². The number of hydrogen-bond acceptors (Lipinski definition) is 6. The number of rotatable bonds is 8. The highest BCUT2D eigenvalue weighted by atomic mass is 16.5. The quantitative estimate of drug-likeness (QED) is 0.248. The smallest absolute Gasteiger partial charge is 0.308 e. The molecule has 1 aliphatic rings. The summed E-state index contributed by atoms with van der Waals surface area (Å²) < 4.78 is 7.08. The van der Waals surface area contributed by atoms with E-state index in [0.717, 1.165) is 36.8 Å². The van der Waals surface area contributed by atoms with Crippen molar-refractivity contribution in [3.8, 4) is 17.6 Å². The Kier molecular flexibility index (Phi) is 8.26. The van der Waals surface area contributed by atoms with Crippen LogP contribution in [0.2, 0.25) is 0 Å². The number of benzene rings is 2. The molecule has 1 aromatic heterocycles. The highest BCUT2D eigenvalue weighted by molar-refractivity contribution is 5.97. The van der Waals surface area contributed by atoms with Crippen LogP contribution in [0.15, 0.2) is 54.6 Å². The number of carbonyl (C=O) groups is 2. The molecule has 4 rings (SSSR count). The van der Waals surface area contributed by atoms with Gasteiger partial charge in [0.05, 0.1) is 6.54 Å². The second-order valence-electron chi connectivity index (χ2n) is 9.35. The summed E-state index contributed by atoms with van der Waals surface area (Å²) in [4.78, 5) is 29.0. The van der Waals surface area contributed by atoms with E-state index in [1.165, 1.54) is 6.92 Å². The summed E-state index contributed by atoms with van der Waals surface area (Å²) in [5, 5.41) is 6.32. The molecule has 1 saturated carbocycles. The van der Waals surface area contributed by atoms with E-state index in [-0.39, 0.29) is 23.1 Å². The lowest BCUT2D eigenvalue weighted by atomic mass is 9.99. The van der Waals surface area contributed by atoms with Crippen molar-refractivity contribution in [3.63, 3.8) is 0 Å². The summed E-state index contributed by atoms with van der Waals surface area (Å²) in [5.74, 6) is 7.20. The SMILES string of the molecule is CCNC(=O)c1nc(C#Cc2ccccc2)n(Cc2ccc(OC(C)=O)cc2)c1NCC1(N)CCCC1. The van der Waals surface area contributed by atoms with Crippen molar-refractivity contribution in [2.75, 3.05) is 18.4 Å². The monoisotopic (exact) mass is 499 g/mol. The van der Waals surface area contributed by atoms with Crippen molar-refractivity contribution in [1.29, 1.82) is 0 Å². The number of amides is 1. The Labute approximate surface area is 217 Å². The fourth-order valence-corrected chi connectivity index (χ4v) is 4.46. The molecule has 3 aromatic rings. The maximum Gasteiger partial charge on any atom is 0.308 e. The average molecular weight is 500 g/mol. The van der Waals surface area contributed by atoms with E-state index in [9.17, 15) is 9.59 Å².